The summed E-state index contributed by atoms with van der Waals surface area (Å²) in [5.74, 6) is 0.443. The predicted molar refractivity (Wildman–Crippen MR) is 61.9 cm³/mol. The van der Waals surface area contributed by atoms with E-state index in [2.05, 4.69) is 6.92 Å². The summed E-state index contributed by atoms with van der Waals surface area (Å²) in [6.45, 7) is 5.49. The van der Waals surface area contributed by atoms with Crippen molar-refractivity contribution in [3.63, 3.8) is 0 Å². The zero-order valence-corrected chi connectivity index (χ0v) is 10.2. The molecule has 0 spiro atoms. The number of nitrogens with zero attached hydrogens (tertiary/aromatic N) is 1. The maximum atomic E-state index is 12.3. The molecule has 0 unspecified atom stereocenters. The van der Waals surface area contributed by atoms with Crippen molar-refractivity contribution in [1.29, 1.82) is 0 Å². The lowest BCUT2D eigenvalue weighted by Gasteiger charge is -2.39. The molecular weight excluding hydrogens is 204 g/mol. The summed E-state index contributed by atoms with van der Waals surface area (Å²) in [6, 6.07) is 0.417. The first-order chi connectivity index (χ1) is 7.59. The maximum absolute atomic E-state index is 12.3. The number of hydrogen-bond acceptors (Lipinski definition) is 3. The van der Waals surface area contributed by atoms with Crippen LogP contribution < -0.4 is 5.73 Å². The van der Waals surface area contributed by atoms with Gasteiger partial charge in [-0.05, 0) is 33.1 Å². The largest absolute Gasteiger partial charge is 0.375 e. The minimum absolute atomic E-state index is 0.146. The smallest absolute Gasteiger partial charge is 0.226 e. The van der Waals surface area contributed by atoms with Crippen LogP contribution in [0.2, 0.25) is 0 Å². The predicted octanol–water partition coefficient (Wildman–Crippen LogP) is 0.750. The third kappa shape index (κ3) is 2.23. The average Bonchev–Trinajstić information content (AvgIpc) is 2.68. The molecule has 1 aliphatic carbocycles. The molecule has 2 N–H and O–H groups in total. The molecule has 4 heteroatoms. The molecule has 0 bridgehead atoms. The second kappa shape index (κ2) is 4.72. The van der Waals surface area contributed by atoms with Gasteiger partial charge in [-0.1, -0.05) is 0 Å². The summed E-state index contributed by atoms with van der Waals surface area (Å²) in [4.78, 5) is 14.3. The second-order valence-corrected chi connectivity index (χ2v) is 5.12. The summed E-state index contributed by atoms with van der Waals surface area (Å²) < 4.78 is 5.54. The van der Waals surface area contributed by atoms with Gasteiger partial charge in [-0.2, -0.15) is 0 Å². The maximum Gasteiger partial charge on any atom is 0.226 e. The zero-order chi connectivity index (χ0) is 11.7. The van der Waals surface area contributed by atoms with Gasteiger partial charge in [-0.15, -0.1) is 0 Å². The van der Waals surface area contributed by atoms with E-state index in [9.17, 15) is 4.79 Å². The van der Waals surface area contributed by atoms with Gasteiger partial charge in [0.2, 0.25) is 5.91 Å². The monoisotopic (exact) mass is 226 g/mol. The summed E-state index contributed by atoms with van der Waals surface area (Å²) in [5.41, 5.74) is 5.86. The van der Waals surface area contributed by atoms with Gasteiger partial charge in [-0.25, -0.2) is 0 Å². The van der Waals surface area contributed by atoms with Crippen LogP contribution in [-0.2, 0) is 9.53 Å². The van der Waals surface area contributed by atoms with E-state index in [1.165, 1.54) is 0 Å². The standard InChI is InChI=1S/C12H22N2O2/c1-8-9(2)16-6-5-14(8)12(15)10-3-4-11(13)7-10/h8-11H,3-7,13H2,1-2H3/t8-,9-,10+,11+/m0/s1. The van der Waals surface area contributed by atoms with Crippen molar-refractivity contribution in [3.05, 3.63) is 0 Å². The number of amides is 1. The molecule has 92 valence electrons. The van der Waals surface area contributed by atoms with Crippen molar-refractivity contribution >= 4 is 5.91 Å². The van der Waals surface area contributed by atoms with E-state index in [-0.39, 0.29) is 30.0 Å². The van der Waals surface area contributed by atoms with Gasteiger partial charge in [0.15, 0.2) is 0 Å². The minimum Gasteiger partial charge on any atom is -0.375 e. The number of nitrogens with two attached hydrogens (primary N) is 1. The number of rotatable bonds is 1. The fourth-order valence-corrected chi connectivity index (χ4v) is 2.72. The molecule has 1 aliphatic heterocycles. The van der Waals surface area contributed by atoms with Crippen LogP contribution in [0.1, 0.15) is 33.1 Å². The van der Waals surface area contributed by atoms with Crippen molar-refractivity contribution in [3.8, 4) is 0 Å². The van der Waals surface area contributed by atoms with Gasteiger partial charge in [0.1, 0.15) is 0 Å². The first kappa shape index (κ1) is 11.9. The van der Waals surface area contributed by atoms with Crippen molar-refractivity contribution < 1.29 is 9.53 Å². The molecule has 2 aliphatic rings. The van der Waals surface area contributed by atoms with Crippen LogP contribution in [0.25, 0.3) is 0 Å². The van der Waals surface area contributed by atoms with E-state index in [0.29, 0.717) is 6.61 Å². The molecular formula is C12H22N2O2. The highest BCUT2D eigenvalue weighted by molar-refractivity contribution is 5.79. The second-order valence-electron chi connectivity index (χ2n) is 5.12. The van der Waals surface area contributed by atoms with Gasteiger partial charge in [0, 0.05) is 18.5 Å². The van der Waals surface area contributed by atoms with E-state index < -0.39 is 0 Å². The molecule has 0 aromatic rings. The Kier molecular flexibility index (Phi) is 3.50. The molecule has 2 rings (SSSR count). The molecule has 2 fully saturated rings. The molecule has 0 aromatic heterocycles. The normalized spacial score (nSPS) is 40.1. The number of morpholine rings is 1. The van der Waals surface area contributed by atoms with Crippen LogP contribution in [0.3, 0.4) is 0 Å². The van der Waals surface area contributed by atoms with E-state index in [4.69, 9.17) is 10.5 Å². The van der Waals surface area contributed by atoms with Crippen molar-refractivity contribution in [2.24, 2.45) is 11.7 Å². The average molecular weight is 226 g/mol. The minimum atomic E-state index is 0.146. The number of carbonyl (C=O) groups excluding carboxylic acids is 1. The highest BCUT2D eigenvalue weighted by Crippen LogP contribution is 2.28. The molecule has 0 aromatic carbocycles. The molecule has 4 atom stereocenters. The van der Waals surface area contributed by atoms with Gasteiger partial charge >= 0.3 is 0 Å². The topological polar surface area (TPSA) is 55.6 Å². The number of carbonyl (C=O) groups is 1. The van der Waals surface area contributed by atoms with E-state index >= 15 is 0 Å². The fraction of sp³-hybridized carbons (Fsp3) is 0.917. The molecule has 1 heterocycles. The SMILES string of the molecule is C[C@@H]1OCCN(C(=O)[C@@H]2CC[C@@H](N)C2)[C@H]1C. The van der Waals surface area contributed by atoms with Gasteiger partial charge in [0.05, 0.1) is 18.8 Å². The first-order valence-electron chi connectivity index (χ1n) is 6.27. The Hall–Kier alpha value is -0.610. The Morgan fingerprint density at radius 2 is 2.12 bits per heavy atom. The molecule has 1 saturated carbocycles. The lowest BCUT2D eigenvalue weighted by atomic mass is 10.0. The number of hydrogen-bond donors (Lipinski definition) is 1. The van der Waals surface area contributed by atoms with Crippen LogP contribution in [0.15, 0.2) is 0 Å². The van der Waals surface area contributed by atoms with Crippen LogP contribution in [0.5, 0.6) is 0 Å². The van der Waals surface area contributed by atoms with Gasteiger partial charge in [-0.3, -0.25) is 4.79 Å². The highest BCUT2D eigenvalue weighted by Gasteiger charge is 2.35. The van der Waals surface area contributed by atoms with Gasteiger partial charge < -0.3 is 15.4 Å². The van der Waals surface area contributed by atoms with E-state index in [1.54, 1.807) is 0 Å². The third-order valence-corrected chi connectivity index (χ3v) is 3.99. The Bertz CT molecular complexity index is 270. The van der Waals surface area contributed by atoms with Crippen LogP contribution >= 0.6 is 0 Å². The molecule has 0 radical (unpaired) electrons. The summed E-state index contributed by atoms with van der Waals surface area (Å²) >= 11 is 0. The van der Waals surface area contributed by atoms with Crippen LogP contribution in [0.4, 0.5) is 0 Å². The molecule has 4 nitrogen and oxygen atoms in total. The quantitative estimate of drug-likeness (QED) is 0.718. The Labute approximate surface area is 97.1 Å². The summed E-state index contributed by atoms with van der Waals surface area (Å²) in [6.07, 6.45) is 2.95. The highest BCUT2D eigenvalue weighted by atomic mass is 16.5. The Morgan fingerprint density at radius 3 is 2.75 bits per heavy atom. The third-order valence-electron chi connectivity index (χ3n) is 3.99. The zero-order valence-electron chi connectivity index (χ0n) is 10.2. The number of ether oxygens (including phenoxy) is 1. The lowest BCUT2D eigenvalue weighted by molar-refractivity contribution is -0.148. The van der Waals surface area contributed by atoms with E-state index in [0.717, 1.165) is 25.8 Å². The van der Waals surface area contributed by atoms with Crippen molar-refractivity contribution in [2.75, 3.05) is 13.2 Å². The Balaban J connectivity index is 1.98. The first-order valence-corrected chi connectivity index (χ1v) is 6.27. The Morgan fingerprint density at radius 1 is 1.38 bits per heavy atom. The van der Waals surface area contributed by atoms with Crippen LogP contribution in [-0.4, -0.2) is 42.1 Å². The summed E-state index contributed by atoms with van der Waals surface area (Å²) in [7, 11) is 0. The van der Waals surface area contributed by atoms with Crippen molar-refractivity contribution in [2.45, 2.75) is 51.3 Å². The van der Waals surface area contributed by atoms with Crippen molar-refractivity contribution in [1.82, 2.24) is 4.90 Å². The fourth-order valence-electron chi connectivity index (χ4n) is 2.72. The molecule has 16 heavy (non-hydrogen) atoms. The molecule has 1 saturated heterocycles. The van der Waals surface area contributed by atoms with E-state index in [1.807, 2.05) is 11.8 Å². The summed E-state index contributed by atoms with van der Waals surface area (Å²) in [5, 5.41) is 0. The lowest BCUT2D eigenvalue weighted by Crippen LogP contribution is -2.52. The molecule has 1 amide bonds. The van der Waals surface area contributed by atoms with Crippen LogP contribution in [0, 0.1) is 5.92 Å². The van der Waals surface area contributed by atoms with Gasteiger partial charge in [0.25, 0.3) is 0 Å².